The van der Waals surface area contributed by atoms with Crippen molar-refractivity contribution in [3.63, 3.8) is 0 Å². The van der Waals surface area contributed by atoms with Gasteiger partial charge < -0.3 is 29.3 Å². The minimum atomic E-state index is -1.50. The lowest BCUT2D eigenvalue weighted by atomic mass is 9.74. The predicted octanol–water partition coefficient (Wildman–Crippen LogP) is 4.91. The van der Waals surface area contributed by atoms with Crippen molar-refractivity contribution in [1.82, 2.24) is 9.80 Å². The van der Waals surface area contributed by atoms with Crippen molar-refractivity contribution in [2.24, 2.45) is 11.8 Å². The van der Waals surface area contributed by atoms with E-state index in [9.17, 15) is 19.5 Å². The Bertz CT molecular complexity index is 1900. The summed E-state index contributed by atoms with van der Waals surface area (Å²) in [5.74, 6) is -3.83. The molecule has 0 radical (unpaired) electrons. The van der Waals surface area contributed by atoms with Crippen molar-refractivity contribution in [2.45, 2.75) is 62.6 Å². The molecule has 3 aromatic carbocycles. The molecule has 0 aromatic heterocycles. The number of hydrogen-bond donors (Lipinski definition) is 1. The molecule has 3 amide bonds. The van der Waals surface area contributed by atoms with Crippen molar-refractivity contribution in [2.75, 3.05) is 25.1 Å². The average molecular weight is 743 g/mol. The summed E-state index contributed by atoms with van der Waals surface area (Å²) in [5.41, 5.74) is -0.188. The monoisotopic (exact) mass is 741 g/mol. The summed E-state index contributed by atoms with van der Waals surface area (Å²) in [5, 5.41) is 12.3. The van der Waals surface area contributed by atoms with Crippen molar-refractivity contribution in [1.29, 1.82) is 0 Å². The minimum Gasteiger partial charge on any atom is -0.455 e. The fraction of sp³-hybridized carbons (Fsp3) is 0.385. The molecular formula is C39H40BrN3O7. The number of nitrogens with zero attached hydrogens (tertiary/aromatic N) is 3. The Hall–Kier alpha value is -4.32. The van der Waals surface area contributed by atoms with Gasteiger partial charge in [0.2, 0.25) is 11.8 Å². The number of aliphatic hydroxyl groups is 1. The summed E-state index contributed by atoms with van der Waals surface area (Å²) in [4.78, 5) is 62.2. The largest absolute Gasteiger partial charge is 0.455 e. The van der Waals surface area contributed by atoms with Gasteiger partial charge >= 0.3 is 5.97 Å². The van der Waals surface area contributed by atoms with Crippen molar-refractivity contribution >= 4 is 56.1 Å². The van der Waals surface area contributed by atoms with Gasteiger partial charge in [-0.1, -0.05) is 88.7 Å². The van der Waals surface area contributed by atoms with Crippen molar-refractivity contribution < 1.29 is 33.8 Å². The Labute approximate surface area is 299 Å². The number of ether oxygens (including phenoxy) is 2. The van der Waals surface area contributed by atoms with Gasteiger partial charge in [-0.15, -0.1) is 0 Å². The Morgan fingerprint density at radius 1 is 0.940 bits per heavy atom. The molecule has 11 heteroatoms. The minimum absolute atomic E-state index is 0.123. The zero-order valence-electron chi connectivity index (χ0n) is 28.1. The number of aliphatic hydroxyl groups excluding tert-OH is 1. The number of likely N-dealkylation sites (tertiary alicyclic amines) is 1. The Kier molecular flexibility index (Phi) is 9.17. The van der Waals surface area contributed by atoms with E-state index < -0.39 is 72.2 Å². The number of carbonyl (C=O) groups is 4. The smallest absolute Gasteiger partial charge is 0.313 e. The number of allylic oxidation sites excluding steroid dienone is 1. The second-order valence-electron chi connectivity index (χ2n) is 13.6. The van der Waals surface area contributed by atoms with E-state index in [1.807, 2.05) is 91.9 Å². The van der Waals surface area contributed by atoms with E-state index in [4.69, 9.17) is 9.47 Å². The summed E-state index contributed by atoms with van der Waals surface area (Å²) >= 11 is 3.61. The van der Waals surface area contributed by atoms with Crippen LogP contribution in [0.2, 0.25) is 0 Å². The van der Waals surface area contributed by atoms with Gasteiger partial charge in [0, 0.05) is 30.2 Å². The second kappa shape index (κ2) is 13.4. The first kappa shape index (κ1) is 34.1. The highest BCUT2D eigenvalue weighted by Gasteiger charge is 2.75. The Morgan fingerprint density at radius 3 is 2.40 bits per heavy atom. The number of carbonyl (C=O) groups excluding carboxylic acids is 4. The van der Waals surface area contributed by atoms with E-state index >= 15 is 4.79 Å². The number of likely N-dealkylation sites (N-methyl/N-ethyl adjacent to an activating group) is 1. The highest BCUT2D eigenvalue weighted by atomic mass is 79.9. The molecule has 4 heterocycles. The molecule has 7 rings (SSSR count). The summed E-state index contributed by atoms with van der Waals surface area (Å²) in [6.07, 6.45) is 4.43. The Morgan fingerprint density at radius 2 is 1.66 bits per heavy atom. The topological polar surface area (TPSA) is 117 Å². The van der Waals surface area contributed by atoms with Crippen LogP contribution in [-0.2, 0) is 28.7 Å². The molecule has 1 spiro atoms. The predicted molar refractivity (Wildman–Crippen MR) is 191 cm³/mol. The third-order valence-corrected chi connectivity index (χ3v) is 11.4. The first-order chi connectivity index (χ1) is 24.1. The van der Waals surface area contributed by atoms with Crippen LogP contribution in [0.4, 0.5) is 5.69 Å². The number of anilines is 1. The maximum atomic E-state index is 15.1. The zero-order chi connectivity index (χ0) is 35.3. The lowest BCUT2D eigenvalue weighted by Crippen LogP contribution is -2.58. The van der Waals surface area contributed by atoms with Gasteiger partial charge in [-0.3, -0.25) is 19.2 Å². The maximum absolute atomic E-state index is 15.1. The third kappa shape index (κ3) is 5.56. The van der Waals surface area contributed by atoms with Gasteiger partial charge in [-0.25, -0.2) is 0 Å². The zero-order valence-corrected chi connectivity index (χ0v) is 29.7. The molecule has 8 atom stereocenters. The Balaban J connectivity index is 1.37. The van der Waals surface area contributed by atoms with E-state index in [0.717, 1.165) is 10.8 Å². The van der Waals surface area contributed by atoms with Gasteiger partial charge in [0.05, 0.1) is 24.6 Å². The molecule has 4 aliphatic rings. The number of rotatable bonds is 4. The fourth-order valence-electron chi connectivity index (χ4n) is 7.99. The number of cyclic esters (lactones) is 1. The highest BCUT2D eigenvalue weighted by Crippen LogP contribution is 2.59. The second-order valence-corrected chi connectivity index (χ2v) is 14.5. The molecule has 10 nitrogen and oxygen atoms in total. The quantitative estimate of drug-likeness (QED) is 0.299. The molecule has 0 unspecified atom stereocenters. The SMILES string of the molecule is C[C@H](CO)N1C(=O)[C@@H]2[C@H]3C(=O)O[C@@H](c4ccccc4)[C@H](C)N(C)C(=O)CC/C=C\CN(c4ccc5ccccc5c4)C(=O)[C@@H]1[C@]21C=C(Br)[C@H]3O1. The van der Waals surface area contributed by atoms with Gasteiger partial charge in [0.25, 0.3) is 5.91 Å². The molecule has 2 fully saturated rings. The van der Waals surface area contributed by atoms with Crippen molar-refractivity contribution in [3.05, 3.63) is 101 Å². The van der Waals surface area contributed by atoms with E-state index in [1.165, 1.54) is 4.90 Å². The van der Waals surface area contributed by atoms with Crippen LogP contribution in [0, 0.1) is 11.8 Å². The first-order valence-electron chi connectivity index (χ1n) is 17.0. The third-order valence-electron chi connectivity index (χ3n) is 10.7. The number of halogens is 1. The van der Waals surface area contributed by atoms with Crippen LogP contribution in [0.15, 0.2) is 95.5 Å². The number of benzene rings is 3. The molecule has 2 saturated heterocycles. The van der Waals surface area contributed by atoms with Gasteiger partial charge in [-0.2, -0.15) is 0 Å². The maximum Gasteiger partial charge on any atom is 0.313 e. The fourth-order valence-corrected chi connectivity index (χ4v) is 8.72. The van der Waals surface area contributed by atoms with Gasteiger partial charge in [0.15, 0.2) is 0 Å². The summed E-state index contributed by atoms with van der Waals surface area (Å²) in [6, 6.07) is 20.3. The number of esters is 1. The molecule has 50 heavy (non-hydrogen) atoms. The summed E-state index contributed by atoms with van der Waals surface area (Å²) in [6.45, 7) is 3.27. The summed E-state index contributed by atoms with van der Waals surface area (Å²) in [7, 11) is 1.70. The van der Waals surface area contributed by atoms with Gasteiger partial charge in [-0.05, 0) is 54.8 Å². The van der Waals surface area contributed by atoms with Crippen LogP contribution in [0.3, 0.4) is 0 Å². The van der Waals surface area contributed by atoms with Gasteiger partial charge in [0.1, 0.15) is 29.8 Å². The van der Waals surface area contributed by atoms with Crippen LogP contribution < -0.4 is 4.90 Å². The van der Waals surface area contributed by atoms with Crippen LogP contribution in [0.25, 0.3) is 10.8 Å². The molecule has 0 saturated carbocycles. The lowest BCUT2D eigenvalue weighted by Gasteiger charge is -2.37. The molecule has 3 aromatic rings. The van der Waals surface area contributed by atoms with E-state index in [2.05, 4.69) is 15.9 Å². The molecular weight excluding hydrogens is 702 g/mol. The molecule has 1 N–H and O–H groups in total. The highest BCUT2D eigenvalue weighted by molar-refractivity contribution is 9.11. The lowest BCUT2D eigenvalue weighted by molar-refractivity contribution is -0.164. The number of hydrogen-bond acceptors (Lipinski definition) is 7. The standard InChI is InChI=1S/C39H40BrN3O7/c1-23(22-44)43-35-37(47)42(28-18-17-25-12-9-10-15-27(25)20-28)19-11-5-8-16-30(45)41(3)24(2)33(26-13-6-4-7-14-26)49-38(48)31-32(36(43)46)39(35)21-29(40)34(31)50-39/h4-7,9-15,17-18,20-21,23-24,31-35,44H,8,16,19,22H2,1-3H3/b11-5-/t23-,24+,31-,32+,33-,34-,35-,39+/m1/s1. The molecule has 260 valence electrons. The van der Waals surface area contributed by atoms with E-state index in [0.29, 0.717) is 22.2 Å². The molecule has 4 aliphatic heterocycles. The van der Waals surface area contributed by atoms with E-state index in [1.54, 1.807) is 29.8 Å². The van der Waals surface area contributed by atoms with Crippen LogP contribution in [0.1, 0.15) is 38.4 Å². The van der Waals surface area contributed by atoms with Crippen LogP contribution in [-0.4, -0.2) is 88.6 Å². The number of amides is 3. The van der Waals surface area contributed by atoms with E-state index in [-0.39, 0.29) is 18.9 Å². The average Bonchev–Trinajstić information content (AvgIpc) is 3.73. The molecule has 5 bridgehead atoms. The number of fused-ring (bicyclic) bond motifs is 3. The first-order valence-corrected chi connectivity index (χ1v) is 17.8. The van der Waals surface area contributed by atoms with Crippen molar-refractivity contribution in [3.8, 4) is 0 Å². The van der Waals surface area contributed by atoms with Crippen LogP contribution >= 0.6 is 15.9 Å². The molecule has 0 aliphatic carbocycles. The van der Waals surface area contributed by atoms with Crippen LogP contribution in [0.5, 0.6) is 0 Å². The normalized spacial score (nSPS) is 31.5. The summed E-state index contributed by atoms with van der Waals surface area (Å²) < 4.78 is 13.5.